The third-order valence-corrected chi connectivity index (χ3v) is 4.79. The molecule has 0 saturated carbocycles. The van der Waals surface area contributed by atoms with Gasteiger partial charge in [-0.05, 0) is 36.9 Å². The van der Waals surface area contributed by atoms with Gasteiger partial charge in [-0.3, -0.25) is 0 Å². The molecule has 2 nitrogen and oxygen atoms in total. The predicted octanol–water partition coefficient (Wildman–Crippen LogP) is 4.10. The Labute approximate surface area is 129 Å². The van der Waals surface area contributed by atoms with Crippen LogP contribution in [-0.4, -0.2) is 30.7 Å². The Morgan fingerprint density at radius 1 is 1.47 bits per heavy atom. The monoisotopic (exact) mass is 319 g/mol. The van der Waals surface area contributed by atoms with E-state index in [-0.39, 0.29) is 6.10 Å². The van der Waals surface area contributed by atoms with Crippen LogP contribution in [0.4, 0.5) is 0 Å². The lowest BCUT2D eigenvalue weighted by Crippen LogP contribution is -2.31. The quantitative estimate of drug-likeness (QED) is 0.852. The highest BCUT2D eigenvalue weighted by molar-refractivity contribution is 7.99. The Morgan fingerprint density at radius 2 is 2.32 bits per heavy atom. The molecule has 1 unspecified atom stereocenters. The summed E-state index contributed by atoms with van der Waals surface area (Å²) in [7, 11) is 0. The van der Waals surface area contributed by atoms with Gasteiger partial charge in [0.1, 0.15) is 11.9 Å². The van der Waals surface area contributed by atoms with Gasteiger partial charge in [0, 0.05) is 23.2 Å². The minimum absolute atomic E-state index is 0.207. The second kappa shape index (κ2) is 7.63. The lowest BCUT2D eigenvalue weighted by Gasteiger charge is -2.24. The molecule has 1 aromatic carbocycles. The summed E-state index contributed by atoms with van der Waals surface area (Å²) in [6.07, 6.45) is 1.37. The van der Waals surface area contributed by atoms with Gasteiger partial charge < -0.3 is 10.1 Å². The highest BCUT2D eigenvalue weighted by Crippen LogP contribution is 2.31. The van der Waals surface area contributed by atoms with Crippen LogP contribution in [0, 0.1) is 5.92 Å². The molecule has 1 aliphatic rings. The second-order valence-corrected chi connectivity index (χ2v) is 6.81. The largest absolute Gasteiger partial charge is 0.488 e. The number of ether oxygens (including phenoxy) is 1. The van der Waals surface area contributed by atoms with Crippen LogP contribution in [0.25, 0.3) is 0 Å². The van der Waals surface area contributed by atoms with E-state index in [0.29, 0.717) is 16.0 Å². The van der Waals surface area contributed by atoms with Crippen molar-refractivity contribution in [3.8, 4) is 5.75 Å². The van der Waals surface area contributed by atoms with Gasteiger partial charge in [-0.25, -0.2) is 0 Å². The molecule has 1 N–H and O–H groups in total. The minimum atomic E-state index is 0.207. The van der Waals surface area contributed by atoms with E-state index in [1.54, 1.807) is 6.07 Å². The molecule has 5 heteroatoms. The van der Waals surface area contributed by atoms with E-state index >= 15 is 0 Å². The van der Waals surface area contributed by atoms with Crippen molar-refractivity contribution in [1.82, 2.24) is 5.32 Å². The van der Waals surface area contributed by atoms with Gasteiger partial charge in [-0.15, -0.1) is 0 Å². The third-order valence-electron chi connectivity index (χ3n) is 3.28. The normalized spacial score (nSPS) is 20.5. The van der Waals surface area contributed by atoms with E-state index in [0.717, 1.165) is 30.3 Å². The van der Waals surface area contributed by atoms with Gasteiger partial charge in [0.05, 0.1) is 5.02 Å². The molecule has 0 radical (unpaired) electrons. The first-order valence-corrected chi connectivity index (χ1v) is 8.52. The molecule has 19 heavy (non-hydrogen) atoms. The standard InChI is InChI=1S/C14H19Cl2NOS/c1-2-19-9-14(10-5-6-17-8-10)18-13-4-3-11(15)7-12(13)16/h3-4,7,10,14,17H,2,5-6,8-9H2,1H3/t10?,14-/m0/s1. The Kier molecular flexibility index (Phi) is 6.14. The Balaban J connectivity index is 2.05. The number of hydrogen-bond donors (Lipinski definition) is 1. The van der Waals surface area contributed by atoms with Crippen LogP contribution in [0.3, 0.4) is 0 Å². The molecule has 1 fully saturated rings. The van der Waals surface area contributed by atoms with E-state index in [2.05, 4.69) is 12.2 Å². The maximum absolute atomic E-state index is 6.18. The van der Waals surface area contributed by atoms with Gasteiger partial charge in [-0.2, -0.15) is 11.8 Å². The minimum Gasteiger partial charge on any atom is -0.488 e. The van der Waals surface area contributed by atoms with Crippen LogP contribution in [0.2, 0.25) is 10.0 Å². The molecule has 1 aromatic rings. The topological polar surface area (TPSA) is 21.3 Å². The highest BCUT2D eigenvalue weighted by atomic mass is 35.5. The zero-order valence-corrected chi connectivity index (χ0v) is 13.3. The van der Waals surface area contributed by atoms with E-state index in [4.69, 9.17) is 27.9 Å². The van der Waals surface area contributed by atoms with Gasteiger partial charge in [-0.1, -0.05) is 30.1 Å². The summed E-state index contributed by atoms with van der Waals surface area (Å²) in [5.41, 5.74) is 0. The molecule has 0 aliphatic carbocycles. The molecule has 2 atom stereocenters. The highest BCUT2D eigenvalue weighted by Gasteiger charge is 2.26. The van der Waals surface area contributed by atoms with E-state index in [1.807, 2.05) is 23.9 Å². The van der Waals surface area contributed by atoms with Gasteiger partial charge >= 0.3 is 0 Å². The zero-order valence-electron chi connectivity index (χ0n) is 11.0. The Bertz CT molecular complexity index is 410. The van der Waals surface area contributed by atoms with Crippen LogP contribution in [0.5, 0.6) is 5.75 Å². The van der Waals surface area contributed by atoms with Crippen LogP contribution >= 0.6 is 35.0 Å². The summed E-state index contributed by atoms with van der Waals surface area (Å²) in [6, 6.07) is 5.41. The molecule has 0 aromatic heterocycles. The van der Waals surface area contributed by atoms with E-state index in [9.17, 15) is 0 Å². The van der Waals surface area contributed by atoms with Gasteiger partial charge in [0.25, 0.3) is 0 Å². The van der Waals surface area contributed by atoms with Gasteiger partial charge in [0.2, 0.25) is 0 Å². The van der Waals surface area contributed by atoms with Crippen LogP contribution in [0.1, 0.15) is 13.3 Å². The summed E-state index contributed by atoms with van der Waals surface area (Å²) >= 11 is 14.0. The van der Waals surface area contributed by atoms with Crippen molar-refractivity contribution in [2.45, 2.75) is 19.4 Å². The predicted molar refractivity (Wildman–Crippen MR) is 84.9 cm³/mol. The number of thioether (sulfide) groups is 1. The summed E-state index contributed by atoms with van der Waals surface area (Å²) in [6.45, 7) is 4.28. The zero-order chi connectivity index (χ0) is 13.7. The average molecular weight is 320 g/mol. The lowest BCUT2D eigenvalue weighted by molar-refractivity contribution is 0.165. The fourth-order valence-electron chi connectivity index (χ4n) is 2.23. The third kappa shape index (κ3) is 4.45. The molecular weight excluding hydrogens is 301 g/mol. The first kappa shape index (κ1) is 15.3. The van der Waals surface area contributed by atoms with E-state index in [1.165, 1.54) is 6.42 Å². The molecule has 0 bridgehead atoms. The number of benzene rings is 1. The van der Waals surface area contributed by atoms with Crippen molar-refractivity contribution in [2.75, 3.05) is 24.6 Å². The van der Waals surface area contributed by atoms with Crippen LogP contribution < -0.4 is 10.1 Å². The first-order chi connectivity index (χ1) is 9.20. The van der Waals surface area contributed by atoms with Crippen molar-refractivity contribution in [3.63, 3.8) is 0 Å². The Hall–Kier alpha value is -0.0900. The summed E-state index contributed by atoms with van der Waals surface area (Å²) < 4.78 is 6.13. The maximum atomic E-state index is 6.18. The maximum Gasteiger partial charge on any atom is 0.138 e. The van der Waals surface area contributed by atoms with Gasteiger partial charge in [0.15, 0.2) is 0 Å². The SMILES string of the molecule is CCSC[C@H](Oc1ccc(Cl)cc1Cl)C1CCNC1. The second-order valence-electron chi connectivity index (χ2n) is 4.64. The molecule has 2 rings (SSSR count). The van der Waals surface area contributed by atoms with Crippen molar-refractivity contribution in [2.24, 2.45) is 5.92 Å². The number of hydrogen-bond acceptors (Lipinski definition) is 3. The van der Waals surface area contributed by atoms with Crippen LogP contribution in [0.15, 0.2) is 18.2 Å². The fraction of sp³-hybridized carbons (Fsp3) is 0.571. The van der Waals surface area contributed by atoms with Crippen molar-refractivity contribution in [3.05, 3.63) is 28.2 Å². The molecule has 1 heterocycles. The smallest absolute Gasteiger partial charge is 0.138 e. The van der Waals surface area contributed by atoms with E-state index < -0.39 is 0 Å². The molecule has 0 spiro atoms. The average Bonchev–Trinajstić information content (AvgIpc) is 2.90. The van der Waals surface area contributed by atoms with Crippen molar-refractivity contribution in [1.29, 1.82) is 0 Å². The lowest BCUT2D eigenvalue weighted by atomic mass is 10.0. The summed E-state index contributed by atoms with van der Waals surface area (Å²) in [5, 5.41) is 4.62. The van der Waals surface area contributed by atoms with Crippen molar-refractivity contribution >= 4 is 35.0 Å². The number of nitrogens with one attached hydrogen (secondary N) is 1. The molecule has 0 amide bonds. The fourth-order valence-corrected chi connectivity index (χ4v) is 3.49. The first-order valence-electron chi connectivity index (χ1n) is 6.61. The van der Waals surface area contributed by atoms with Crippen molar-refractivity contribution < 1.29 is 4.74 Å². The molecule has 1 aliphatic heterocycles. The summed E-state index contributed by atoms with van der Waals surface area (Å²) in [5.74, 6) is 3.40. The molecular formula is C14H19Cl2NOS. The number of halogens is 2. The Morgan fingerprint density at radius 3 is 2.95 bits per heavy atom. The van der Waals surface area contributed by atoms with Crippen LogP contribution in [-0.2, 0) is 0 Å². The molecule has 1 saturated heterocycles. The number of rotatable bonds is 6. The summed E-state index contributed by atoms with van der Waals surface area (Å²) in [4.78, 5) is 0. The molecule has 106 valence electrons.